The van der Waals surface area contributed by atoms with Crippen LogP contribution >= 0.6 is 11.6 Å². The highest BCUT2D eigenvalue weighted by Gasteiger charge is 2.22. The zero-order valence-corrected chi connectivity index (χ0v) is 19.9. The van der Waals surface area contributed by atoms with Gasteiger partial charge in [0, 0.05) is 35.4 Å². The van der Waals surface area contributed by atoms with Gasteiger partial charge in [0.15, 0.2) is 0 Å². The maximum Gasteiger partial charge on any atom is 0.255 e. The average Bonchev–Trinajstić information content (AvgIpc) is 2.75. The van der Waals surface area contributed by atoms with E-state index >= 15 is 0 Å². The Kier molecular flexibility index (Phi) is 7.23. The van der Waals surface area contributed by atoms with Gasteiger partial charge in [0.2, 0.25) is 10.0 Å². The number of carbonyl (C=O) groups is 1. The van der Waals surface area contributed by atoms with Crippen molar-refractivity contribution < 1.29 is 17.9 Å². The molecule has 0 aliphatic heterocycles. The number of ether oxygens (including phenoxy) is 1. The second-order valence-electron chi connectivity index (χ2n) is 7.51. The maximum atomic E-state index is 13.0. The minimum absolute atomic E-state index is 0.0421. The van der Waals surface area contributed by atoms with Crippen molar-refractivity contribution in [3.05, 3.63) is 87.9 Å². The summed E-state index contributed by atoms with van der Waals surface area (Å²) in [6.45, 7) is 3.79. The summed E-state index contributed by atoms with van der Waals surface area (Å²) in [5.74, 6) is 0.179. The summed E-state index contributed by atoms with van der Waals surface area (Å²) in [7, 11) is -0.703. The first-order chi connectivity index (χ1) is 15.1. The molecule has 32 heavy (non-hydrogen) atoms. The van der Waals surface area contributed by atoms with Crippen LogP contribution in [0.4, 0.5) is 5.69 Å². The lowest BCUT2D eigenvalue weighted by atomic mass is 10.1. The van der Waals surface area contributed by atoms with Gasteiger partial charge < -0.3 is 10.1 Å². The number of halogens is 1. The number of aryl methyl sites for hydroxylation is 2. The Labute approximate surface area is 193 Å². The lowest BCUT2D eigenvalue weighted by molar-refractivity contribution is 0.102. The molecule has 0 radical (unpaired) electrons. The van der Waals surface area contributed by atoms with Crippen molar-refractivity contribution in [3.63, 3.8) is 0 Å². The first-order valence-corrected chi connectivity index (χ1v) is 11.7. The van der Waals surface area contributed by atoms with E-state index in [1.165, 1.54) is 18.5 Å². The van der Waals surface area contributed by atoms with E-state index in [2.05, 4.69) is 5.32 Å². The molecule has 0 aromatic heterocycles. The molecule has 0 aliphatic rings. The molecule has 3 aromatic rings. The maximum absolute atomic E-state index is 13.0. The van der Waals surface area contributed by atoms with E-state index in [4.69, 9.17) is 16.3 Å². The lowest BCUT2D eigenvalue weighted by Crippen LogP contribution is -2.27. The molecule has 0 atom stereocenters. The van der Waals surface area contributed by atoms with E-state index in [0.29, 0.717) is 27.6 Å². The average molecular weight is 473 g/mol. The summed E-state index contributed by atoms with van der Waals surface area (Å²) in [5, 5.41) is 3.45. The Morgan fingerprint density at radius 2 is 1.72 bits per heavy atom. The van der Waals surface area contributed by atoms with Gasteiger partial charge in [-0.25, -0.2) is 8.42 Å². The third-order valence-electron chi connectivity index (χ3n) is 5.10. The van der Waals surface area contributed by atoms with E-state index in [0.717, 1.165) is 11.1 Å². The fourth-order valence-electron chi connectivity index (χ4n) is 3.22. The fraction of sp³-hybridized carbons (Fsp3) is 0.208. The number of nitrogens with zero attached hydrogens (tertiary/aromatic N) is 1. The van der Waals surface area contributed by atoms with Gasteiger partial charge in [-0.05, 0) is 67.9 Å². The molecular formula is C24H25ClN2O4S. The molecular weight excluding hydrogens is 448 g/mol. The molecule has 1 N–H and O–H groups in total. The highest BCUT2D eigenvalue weighted by Crippen LogP contribution is 2.26. The number of amides is 1. The molecule has 1 amide bonds. The monoisotopic (exact) mass is 472 g/mol. The van der Waals surface area contributed by atoms with Crippen LogP contribution in [0.25, 0.3) is 0 Å². The van der Waals surface area contributed by atoms with Crippen molar-refractivity contribution in [2.75, 3.05) is 19.5 Å². The van der Waals surface area contributed by atoms with Crippen LogP contribution in [0.2, 0.25) is 5.02 Å². The second kappa shape index (κ2) is 9.73. The van der Waals surface area contributed by atoms with Crippen molar-refractivity contribution in [1.82, 2.24) is 4.31 Å². The van der Waals surface area contributed by atoms with Gasteiger partial charge in [0.05, 0.1) is 12.0 Å². The van der Waals surface area contributed by atoms with E-state index in [1.54, 1.807) is 60.7 Å². The molecule has 0 fully saturated rings. The van der Waals surface area contributed by atoms with E-state index < -0.39 is 10.0 Å². The van der Waals surface area contributed by atoms with Crippen LogP contribution < -0.4 is 10.1 Å². The van der Waals surface area contributed by atoms with Gasteiger partial charge in [0.25, 0.3) is 5.91 Å². The van der Waals surface area contributed by atoms with Crippen LogP contribution in [-0.4, -0.2) is 32.8 Å². The van der Waals surface area contributed by atoms with Gasteiger partial charge in [-0.1, -0.05) is 29.3 Å². The van der Waals surface area contributed by atoms with Gasteiger partial charge >= 0.3 is 0 Å². The molecule has 0 heterocycles. The predicted octanol–water partition coefficient (Wildman–Crippen LogP) is 5.04. The smallest absolute Gasteiger partial charge is 0.255 e. The zero-order valence-electron chi connectivity index (χ0n) is 18.3. The zero-order chi connectivity index (χ0) is 23.5. The largest absolute Gasteiger partial charge is 0.496 e. The normalized spacial score (nSPS) is 11.4. The summed E-state index contributed by atoms with van der Waals surface area (Å²) >= 11 is 5.98. The Balaban J connectivity index is 1.85. The van der Waals surface area contributed by atoms with Crippen LogP contribution in [0.3, 0.4) is 0 Å². The molecule has 0 saturated heterocycles. The number of hydrogen-bond donors (Lipinski definition) is 1. The third kappa shape index (κ3) is 5.30. The summed E-state index contributed by atoms with van der Waals surface area (Å²) < 4.78 is 32.6. The molecule has 3 aromatic carbocycles. The second-order valence-corrected chi connectivity index (χ2v) is 10.00. The highest BCUT2D eigenvalue weighted by molar-refractivity contribution is 7.89. The number of rotatable bonds is 7. The quantitative estimate of drug-likeness (QED) is 0.522. The summed E-state index contributed by atoms with van der Waals surface area (Å²) in [5.41, 5.74) is 3.42. The van der Waals surface area contributed by atoms with Gasteiger partial charge in [-0.2, -0.15) is 4.31 Å². The molecule has 8 heteroatoms. The lowest BCUT2D eigenvalue weighted by Gasteiger charge is -2.19. The fourth-order valence-corrected chi connectivity index (χ4v) is 4.60. The van der Waals surface area contributed by atoms with Crippen molar-refractivity contribution in [2.45, 2.75) is 25.3 Å². The van der Waals surface area contributed by atoms with E-state index in [9.17, 15) is 13.2 Å². The van der Waals surface area contributed by atoms with Crippen LogP contribution in [0.5, 0.6) is 5.75 Å². The van der Waals surface area contributed by atoms with E-state index in [-0.39, 0.29) is 17.3 Å². The number of methoxy groups -OCH3 is 1. The molecule has 168 valence electrons. The third-order valence-corrected chi connectivity index (χ3v) is 7.15. The van der Waals surface area contributed by atoms with Crippen molar-refractivity contribution in [3.8, 4) is 5.75 Å². The number of benzene rings is 3. The van der Waals surface area contributed by atoms with Crippen LogP contribution in [-0.2, 0) is 16.6 Å². The molecule has 0 saturated carbocycles. The Morgan fingerprint density at radius 3 is 2.34 bits per heavy atom. The number of anilines is 1. The molecule has 0 unspecified atom stereocenters. The number of carbonyl (C=O) groups excluding carboxylic acids is 1. The number of nitrogens with one attached hydrogen (secondary N) is 1. The van der Waals surface area contributed by atoms with Gasteiger partial charge in [-0.3, -0.25) is 4.79 Å². The van der Waals surface area contributed by atoms with Gasteiger partial charge in [0.1, 0.15) is 5.75 Å². The van der Waals surface area contributed by atoms with Crippen LogP contribution in [0.1, 0.15) is 27.0 Å². The standard InChI is InChI=1S/C24H25ClN2O4S/c1-16-5-9-21(10-6-16)32(29,30)27(3)15-19-14-18(7-12-23(19)31-4)24(28)26-22-11-8-20(25)13-17(22)2/h5-14H,15H2,1-4H3,(H,26,28). The van der Waals surface area contributed by atoms with Crippen molar-refractivity contribution >= 4 is 33.2 Å². The Bertz CT molecular complexity index is 1240. The predicted molar refractivity (Wildman–Crippen MR) is 127 cm³/mol. The Hall–Kier alpha value is -2.87. The number of sulfonamides is 1. The summed E-state index contributed by atoms with van der Waals surface area (Å²) in [6, 6.07) is 16.8. The summed E-state index contributed by atoms with van der Waals surface area (Å²) in [6.07, 6.45) is 0. The Morgan fingerprint density at radius 1 is 1.03 bits per heavy atom. The van der Waals surface area contributed by atoms with E-state index in [1.807, 2.05) is 13.8 Å². The molecule has 0 aliphatic carbocycles. The SMILES string of the molecule is COc1ccc(C(=O)Nc2ccc(Cl)cc2C)cc1CN(C)S(=O)(=O)c1ccc(C)cc1. The number of hydrogen-bond acceptors (Lipinski definition) is 4. The molecule has 0 bridgehead atoms. The highest BCUT2D eigenvalue weighted by atomic mass is 35.5. The van der Waals surface area contributed by atoms with Crippen LogP contribution in [0.15, 0.2) is 65.6 Å². The molecule has 0 spiro atoms. The topological polar surface area (TPSA) is 75.7 Å². The first kappa shape index (κ1) is 23.8. The molecule has 6 nitrogen and oxygen atoms in total. The first-order valence-electron chi connectivity index (χ1n) is 9.89. The van der Waals surface area contributed by atoms with Crippen LogP contribution in [0, 0.1) is 13.8 Å². The van der Waals surface area contributed by atoms with Gasteiger partial charge in [-0.15, -0.1) is 0 Å². The minimum atomic E-state index is -3.71. The molecule has 3 rings (SSSR count). The minimum Gasteiger partial charge on any atom is -0.496 e. The van der Waals surface area contributed by atoms with Crippen molar-refractivity contribution in [1.29, 1.82) is 0 Å². The van der Waals surface area contributed by atoms with Crippen molar-refractivity contribution in [2.24, 2.45) is 0 Å². The summed E-state index contributed by atoms with van der Waals surface area (Å²) in [4.78, 5) is 13.0.